The Morgan fingerprint density at radius 3 is 2.23 bits per heavy atom. The SMILES string of the molecule is CC(C)Cc1cc2c3c(nccc3c1)-c1[c-]cc3ccccc3c1C2(C)C.CCC(CC)C(=O)/C=C(\O)C(CC)CC.[Ir]. The molecular formula is C39H48IrNO2-. The number of hydrogen-bond donors (Lipinski definition) is 1. The number of rotatable bonds is 9. The van der Waals surface area contributed by atoms with Crippen molar-refractivity contribution < 1.29 is 30.0 Å². The number of ketones is 1. The van der Waals surface area contributed by atoms with Crippen LogP contribution in [0.2, 0.25) is 0 Å². The summed E-state index contributed by atoms with van der Waals surface area (Å²) >= 11 is 0. The van der Waals surface area contributed by atoms with Gasteiger partial charge in [0.05, 0.1) is 5.76 Å². The van der Waals surface area contributed by atoms with Gasteiger partial charge >= 0.3 is 0 Å². The zero-order chi connectivity index (χ0) is 30.6. The van der Waals surface area contributed by atoms with Crippen LogP contribution in [0.4, 0.5) is 0 Å². The van der Waals surface area contributed by atoms with E-state index in [1.165, 1.54) is 44.3 Å². The summed E-state index contributed by atoms with van der Waals surface area (Å²) in [6.07, 6.45) is 7.96. The molecule has 5 rings (SSSR count). The number of aromatic nitrogens is 1. The normalized spacial score (nSPS) is 13.6. The van der Waals surface area contributed by atoms with Gasteiger partial charge in [-0.2, -0.15) is 0 Å². The number of carbonyl (C=O) groups excluding carboxylic acids is 1. The van der Waals surface area contributed by atoms with Crippen LogP contribution in [-0.4, -0.2) is 15.9 Å². The zero-order valence-electron chi connectivity index (χ0n) is 27.2. The summed E-state index contributed by atoms with van der Waals surface area (Å²) in [5, 5.41) is 14.9. The Morgan fingerprint density at radius 2 is 1.60 bits per heavy atom. The molecule has 1 aromatic heterocycles. The molecule has 1 radical (unpaired) electrons. The van der Waals surface area contributed by atoms with Crippen LogP contribution in [0.15, 0.2) is 66.6 Å². The van der Waals surface area contributed by atoms with Crippen LogP contribution in [0, 0.1) is 23.8 Å². The fourth-order valence-electron chi connectivity index (χ4n) is 6.61. The molecule has 0 fully saturated rings. The number of benzene rings is 3. The Balaban J connectivity index is 0.000000274. The first-order valence-electron chi connectivity index (χ1n) is 15.9. The molecule has 0 aliphatic heterocycles. The molecule has 4 aromatic rings. The zero-order valence-corrected chi connectivity index (χ0v) is 29.6. The van der Waals surface area contributed by atoms with Gasteiger partial charge in [0.15, 0.2) is 5.78 Å². The fourth-order valence-corrected chi connectivity index (χ4v) is 6.61. The van der Waals surface area contributed by atoms with Crippen LogP contribution in [0.3, 0.4) is 0 Å². The molecule has 0 saturated heterocycles. The molecule has 3 nitrogen and oxygen atoms in total. The molecule has 0 atom stereocenters. The number of hydrogen-bond acceptors (Lipinski definition) is 3. The minimum atomic E-state index is -0.0893. The average molecular weight is 755 g/mol. The van der Waals surface area contributed by atoms with E-state index in [0.29, 0.717) is 5.92 Å². The van der Waals surface area contributed by atoms with Crippen molar-refractivity contribution >= 4 is 27.3 Å². The summed E-state index contributed by atoms with van der Waals surface area (Å²) in [6.45, 7) is 17.4. The van der Waals surface area contributed by atoms with Crippen LogP contribution in [0.1, 0.15) is 97.8 Å². The Bertz CT molecular complexity index is 1590. The van der Waals surface area contributed by atoms with Gasteiger partial charge in [0.2, 0.25) is 0 Å². The molecule has 0 unspecified atom stereocenters. The maximum absolute atomic E-state index is 11.7. The summed E-state index contributed by atoms with van der Waals surface area (Å²) < 4.78 is 0. The van der Waals surface area contributed by atoms with E-state index in [4.69, 9.17) is 4.98 Å². The Kier molecular flexibility index (Phi) is 11.9. The van der Waals surface area contributed by atoms with E-state index in [2.05, 4.69) is 82.3 Å². The van der Waals surface area contributed by atoms with Crippen LogP contribution in [0.25, 0.3) is 32.8 Å². The molecule has 0 spiro atoms. The first kappa shape index (κ1) is 34.7. The minimum Gasteiger partial charge on any atom is -0.512 e. The van der Waals surface area contributed by atoms with Gasteiger partial charge in [-0.05, 0) is 77.1 Å². The Morgan fingerprint density at radius 1 is 0.953 bits per heavy atom. The third kappa shape index (κ3) is 7.13. The summed E-state index contributed by atoms with van der Waals surface area (Å²) in [6, 6.07) is 21.3. The van der Waals surface area contributed by atoms with E-state index in [1.807, 2.05) is 33.9 Å². The molecule has 1 aliphatic rings. The first-order chi connectivity index (χ1) is 20.1. The maximum atomic E-state index is 11.7. The molecule has 4 heteroatoms. The third-order valence-electron chi connectivity index (χ3n) is 9.04. The number of carbonyl (C=O) groups is 1. The largest absolute Gasteiger partial charge is 0.512 e. The second-order valence-electron chi connectivity index (χ2n) is 12.7. The molecule has 231 valence electrons. The van der Waals surface area contributed by atoms with Gasteiger partial charge in [-0.15, -0.1) is 23.3 Å². The molecule has 0 saturated carbocycles. The topological polar surface area (TPSA) is 50.2 Å². The molecule has 43 heavy (non-hydrogen) atoms. The van der Waals surface area contributed by atoms with Gasteiger partial charge in [0.1, 0.15) is 0 Å². The Hall–Kier alpha value is -2.81. The van der Waals surface area contributed by atoms with Crippen molar-refractivity contribution in [1.29, 1.82) is 0 Å². The van der Waals surface area contributed by atoms with Crippen LogP contribution in [-0.2, 0) is 36.7 Å². The molecule has 1 N–H and O–H groups in total. The molecule has 1 aliphatic carbocycles. The number of nitrogens with zero attached hydrogens (tertiary/aromatic N) is 1. The Labute approximate surface area is 272 Å². The van der Waals surface area contributed by atoms with Gasteiger partial charge in [0.25, 0.3) is 0 Å². The monoisotopic (exact) mass is 755 g/mol. The summed E-state index contributed by atoms with van der Waals surface area (Å²) in [4.78, 5) is 16.5. The van der Waals surface area contributed by atoms with Crippen molar-refractivity contribution in [2.45, 2.75) is 92.9 Å². The van der Waals surface area contributed by atoms with E-state index < -0.39 is 0 Å². The second-order valence-corrected chi connectivity index (χ2v) is 12.7. The van der Waals surface area contributed by atoms with Crippen molar-refractivity contribution in [3.63, 3.8) is 0 Å². The number of aliphatic hydroxyl groups excluding tert-OH is 1. The fraction of sp³-hybridized carbons (Fsp3) is 0.436. The van der Waals surface area contributed by atoms with Crippen molar-refractivity contribution in [3.8, 4) is 11.3 Å². The van der Waals surface area contributed by atoms with Crippen LogP contribution < -0.4 is 0 Å². The standard InChI is InChI=1S/C26H24N.C13H24O2.Ir/c1-16(2)13-17-14-19-11-12-27-25-21-10-9-18-7-5-6-8-20(18)24(21)26(3,4)22(15-17)23(19)25;1-5-10(6-2)12(14)9-13(15)11(7-3)8-4;/h5-9,11-12,14-16H,13H2,1-4H3;9-11,14H,5-8H2,1-4H3;/q-1;;/b;12-9-;. The van der Waals surface area contributed by atoms with Gasteiger partial charge < -0.3 is 10.1 Å². The third-order valence-corrected chi connectivity index (χ3v) is 9.04. The van der Waals surface area contributed by atoms with E-state index in [1.54, 1.807) is 0 Å². The van der Waals surface area contributed by atoms with Crippen molar-refractivity contribution in [2.24, 2.45) is 17.8 Å². The molecule has 3 aromatic carbocycles. The van der Waals surface area contributed by atoms with Gasteiger partial charge in [-0.1, -0.05) is 103 Å². The van der Waals surface area contributed by atoms with Crippen molar-refractivity contribution in [3.05, 3.63) is 89.3 Å². The summed E-state index contributed by atoms with van der Waals surface area (Å²) in [5.41, 5.74) is 6.33. The van der Waals surface area contributed by atoms with E-state index in [0.717, 1.165) is 43.4 Å². The second kappa shape index (κ2) is 14.8. The molecule has 0 bridgehead atoms. The quantitative estimate of drug-likeness (QED) is 0.105. The first-order valence-corrected chi connectivity index (χ1v) is 15.9. The van der Waals surface area contributed by atoms with E-state index in [9.17, 15) is 9.90 Å². The molecule has 1 heterocycles. The van der Waals surface area contributed by atoms with Gasteiger partial charge in [-0.3, -0.25) is 4.79 Å². The summed E-state index contributed by atoms with van der Waals surface area (Å²) in [5.74, 6) is 1.19. The van der Waals surface area contributed by atoms with E-state index in [-0.39, 0.29) is 48.9 Å². The predicted molar refractivity (Wildman–Crippen MR) is 178 cm³/mol. The van der Waals surface area contributed by atoms with Crippen molar-refractivity contribution in [1.82, 2.24) is 4.98 Å². The number of aliphatic hydroxyl groups is 1. The van der Waals surface area contributed by atoms with Gasteiger partial charge in [0, 0.05) is 44.2 Å². The number of allylic oxidation sites excluding steroid dienone is 2. The predicted octanol–water partition coefficient (Wildman–Crippen LogP) is 10.6. The van der Waals surface area contributed by atoms with Crippen LogP contribution in [0.5, 0.6) is 0 Å². The maximum Gasteiger partial charge on any atom is 0.162 e. The minimum absolute atomic E-state index is 0. The molecule has 0 amide bonds. The number of fused-ring (bicyclic) bond motifs is 4. The molecular weight excluding hydrogens is 707 g/mol. The van der Waals surface area contributed by atoms with Crippen molar-refractivity contribution in [2.75, 3.05) is 0 Å². The van der Waals surface area contributed by atoms with E-state index >= 15 is 0 Å². The smallest absolute Gasteiger partial charge is 0.162 e. The van der Waals surface area contributed by atoms with Crippen LogP contribution >= 0.6 is 0 Å². The number of pyridine rings is 1. The van der Waals surface area contributed by atoms with Gasteiger partial charge in [-0.25, -0.2) is 0 Å². The average Bonchev–Trinajstić information content (AvgIpc) is 2.96. The summed E-state index contributed by atoms with van der Waals surface area (Å²) in [7, 11) is 0.